The third kappa shape index (κ3) is 1.33. The van der Waals surface area contributed by atoms with Gasteiger partial charge in [-0.2, -0.15) is 0 Å². The van der Waals surface area contributed by atoms with Crippen molar-refractivity contribution in [2.24, 2.45) is 12.8 Å². The van der Waals surface area contributed by atoms with Crippen molar-refractivity contribution in [3.8, 4) is 0 Å². The van der Waals surface area contributed by atoms with Crippen LogP contribution in [-0.4, -0.2) is 16.2 Å². The molecule has 78 valence electrons. The zero-order valence-corrected chi connectivity index (χ0v) is 9.84. The van der Waals surface area contributed by atoms with E-state index in [-0.39, 0.29) is 0 Å². The lowest BCUT2D eigenvalue weighted by atomic mass is 9.82. The fraction of sp³-hybridized carbons (Fsp3) is 0.600. The Labute approximate surface area is 92.0 Å². The highest BCUT2D eigenvalue weighted by molar-refractivity contribution is 9.10. The Morgan fingerprint density at radius 2 is 2.43 bits per heavy atom. The smallest absolute Gasteiger partial charge is 0.104 e. The standard InChI is InChI=1S/C10H15BrN2O/c1-13-5-8-7(9(13)11)3-2-4-10(8,14)6-12/h5,14H,2-4,6,12H2,1H3. The number of nitrogens with two attached hydrogens (primary N) is 1. The molecule has 0 aliphatic heterocycles. The second-order valence-corrected chi connectivity index (χ2v) is 4.76. The molecule has 1 aromatic heterocycles. The molecule has 1 aromatic rings. The Morgan fingerprint density at radius 1 is 1.71 bits per heavy atom. The summed E-state index contributed by atoms with van der Waals surface area (Å²) in [7, 11) is 1.97. The summed E-state index contributed by atoms with van der Waals surface area (Å²) < 4.78 is 3.07. The Morgan fingerprint density at radius 3 is 3.07 bits per heavy atom. The van der Waals surface area contributed by atoms with Crippen molar-refractivity contribution in [1.29, 1.82) is 0 Å². The highest BCUT2D eigenvalue weighted by atomic mass is 79.9. The number of halogens is 1. The lowest BCUT2D eigenvalue weighted by Crippen LogP contribution is -2.37. The van der Waals surface area contributed by atoms with E-state index in [1.54, 1.807) is 0 Å². The molecule has 1 aliphatic rings. The molecule has 2 rings (SSSR count). The van der Waals surface area contributed by atoms with Gasteiger partial charge in [0, 0.05) is 25.4 Å². The van der Waals surface area contributed by atoms with Crippen LogP contribution in [0, 0.1) is 0 Å². The maximum Gasteiger partial charge on any atom is 0.104 e. The third-order valence-electron chi connectivity index (χ3n) is 3.06. The molecule has 0 amide bonds. The van der Waals surface area contributed by atoms with Gasteiger partial charge < -0.3 is 15.4 Å². The zero-order valence-electron chi connectivity index (χ0n) is 8.26. The van der Waals surface area contributed by atoms with E-state index in [9.17, 15) is 5.11 Å². The minimum absolute atomic E-state index is 0.302. The molecule has 1 aliphatic carbocycles. The molecular formula is C10H15BrN2O. The van der Waals surface area contributed by atoms with Crippen LogP contribution in [0.5, 0.6) is 0 Å². The summed E-state index contributed by atoms with van der Waals surface area (Å²) in [4.78, 5) is 0. The third-order valence-corrected chi connectivity index (χ3v) is 4.10. The van der Waals surface area contributed by atoms with Crippen LogP contribution in [-0.2, 0) is 19.1 Å². The van der Waals surface area contributed by atoms with E-state index in [0.29, 0.717) is 6.54 Å². The molecule has 0 saturated heterocycles. The molecule has 0 saturated carbocycles. The molecular weight excluding hydrogens is 244 g/mol. The van der Waals surface area contributed by atoms with Gasteiger partial charge in [-0.3, -0.25) is 0 Å². The number of hydrogen-bond acceptors (Lipinski definition) is 2. The monoisotopic (exact) mass is 258 g/mol. The molecule has 0 fully saturated rings. The summed E-state index contributed by atoms with van der Waals surface area (Å²) in [6, 6.07) is 0. The van der Waals surface area contributed by atoms with Crippen LogP contribution in [0.2, 0.25) is 0 Å². The van der Waals surface area contributed by atoms with E-state index >= 15 is 0 Å². The van der Waals surface area contributed by atoms with Crippen molar-refractivity contribution in [2.45, 2.75) is 24.9 Å². The van der Waals surface area contributed by atoms with E-state index in [1.807, 2.05) is 17.8 Å². The van der Waals surface area contributed by atoms with Gasteiger partial charge in [-0.1, -0.05) is 0 Å². The van der Waals surface area contributed by atoms with E-state index < -0.39 is 5.60 Å². The molecule has 1 atom stereocenters. The summed E-state index contributed by atoms with van der Waals surface area (Å²) in [6.45, 7) is 0.302. The van der Waals surface area contributed by atoms with E-state index in [0.717, 1.165) is 29.4 Å². The minimum Gasteiger partial charge on any atom is -0.384 e. The van der Waals surface area contributed by atoms with Crippen LogP contribution in [0.25, 0.3) is 0 Å². The number of aliphatic hydroxyl groups is 1. The van der Waals surface area contributed by atoms with E-state index in [1.165, 1.54) is 5.56 Å². The molecule has 1 unspecified atom stereocenters. The summed E-state index contributed by atoms with van der Waals surface area (Å²) in [5, 5.41) is 10.3. The Bertz CT molecular complexity index is 361. The molecule has 4 heteroatoms. The maximum absolute atomic E-state index is 10.3. The van der Waals surface area contributed by atoms with Crippen LogP contribution < -0.4 is 5.73 Å². The molecule has 0 radical (unpaired) electrons. The largest absolute Gasteiger partial charge is 0.384 e. The van der Waals surface area contributed by atoms with Gasteiger partial charge in [-0.25, -0.2) is 0 Å². The molecule has 0 bridgehead atoms. The van der Waals surface area contributed by atoms with Gasteiger partial charge in [0.15, 0.2) is 0 Å². The van der Waals surface area contributed by atoms with Crippen LogP contribution >= 0.6 is 15.9 Å². The first kappa shape index (κ1) is 10.2. The fourth-order valence-corrected chi connectivity index (χ4v) is 2.71. The van der Waals surface area contributed by atoms with Crippen LogP contribution in [0.4, 0.5) is 0 Å². The molecule has 1 heterocycles. The van der Waals surface area contributed by atoms with Gasteiger partial charge in [0.1, 0.15) is 5.60 Å². The van der Waals surface area contributed by atoms with E-state index in [4.69, 9.17) is 5.73 Å². The minimum atomic E-state index is -0.808. The van der Waals surface area contributed by atoms with Crippen LogP contribution in [0.1, 0.15) is 24.0 Å². The van der Waals surface area contributed by atoms with Gasteiger partial charge in [-0.05, 0) is 40.8 Å². The van der Waals surface area contributed by atoms with Gasteiger partial charge in [0.25, 0.3) is 0 Å². The lowest BCUT2D eigenvalue weighted by molar-refractivity contribution is 0.0282. The average molecular weight is 259 g/mol. The van der Waals surface area contributed by atoms with E-state index in [2.05, 4.69) is 15.9 Å². The first-order chi connectivity index (χ1) is 6.58. The lowest BCUT2D eigenvalue weighted by Gasteiger charge is -2.31. The SMILES string of the molecule is Cn1cc2c(c1Br)CCCC2(O)CN. The van der Waals surface area contributed by atoms with Crippen LogP contribution in [0.15, 0.2) is 10.8 Å². The highest BCUT2D eigenvalue weighted by Gasteiger charge is 2.35. The zero-order chi connectivity index (χ0) is 10.3. The first-order valence-corrected chi connectivity index (χ1v) is 5.64. The molecule has 0 aromatic carbocycles. The molecule has 3 nitrogen and oxygen atoms in total. The Hall–Kier alpha value is -0.320. The number of rotatable bonds is 1. The topological polar surface area (TPSA) is 51.2 Å². The Kier molecular flexibility index (Phi) is 2.45. The second-order valence-electron chi connectivity index (χ2n) is 4.01. The summed E-state index contributed by atoms with van der Waals surface area (Å²) in [6.07, 6.45) is 4.78. The molecule has 3 N–H and O–H groups in total. The van der Waals surface area contributed by atoms with Crippen molar-refractivity contribution in [3.63, 3.8) is 0 Å². The quantitative estimate of drug-likeness (QED) is 0.798. The van der Waals surface area contributed by atoms with Crippen molar-refractivity contribution in [3.05, 3.63) is 21.9 Å². The molecule has 14 heavy (non-hydrogen) atoms. The normalized spacial score (nSPS) is 26.3. The Balaban J connectivity index is 2.55. The highest BCUT2D eigenvalue weighted by Crippen LogP contribution is 2.38. The van der Waals surface area contributed by atoms with Crippen molar-refractivity contribution in [1.82, 2.24) is 4.57 Å². The summed E-state index contributed by atoms with van der Waals surface area (Å²) in [5.74, 6) is 0. The van der Waals surface area contributed by atoms with Gasteiger partial charge in [-0.15, -0.1) is 0 Å². The van der Waals surface area contributed by atoms with Gasteiger partial charge >= 0.3 is 0 Å². The number of nitrogens with zero attached hydrogens (tertiary/aromatic N) is 1. The number of aryl methyl sites for hydroxylation is 1. The number of fused-ring (bicyclic) bond motifs is 1. The molecule has 0 spiro atoms. The maximum atomic E-state index is 10.3. The van der Waals surface area contributed by atoms with Gasteiger partial charge in [0.2, 0.25) is 0 Å². The van der Waals surface area contributed by atoms with Gasteiger partial charge in [0.05, 0.1) is 4.60 Å². The van der Waals surface area contributed by atoms with Crippen molar-refractivity contribution in [2.75, 3.05) is 6.54 Å². The summed E-state index contributed by atoms with van der Waals surface area (Å²) in [5.41, 5.74) is 7.04. The number of hydrogen-bond donors (Lipinski definition) is 2. The first-order valence-electron chi connectivity index (χ1n) is 4.85. The predicted octanol–water partition coefficient (Wildman–Crippen LogP) is 1.27. The fourth-order valence-electron chi connectivity index (χ4n) is 2.20. The second kappa shape index (κ2) is 3.36. The predicted molar refractivity (Wildman–Crippen MR) is 59.0 cm³/mol. The van der Waals surface area contributed by atoms with Crippen molar-refractivity contribution < 1.29 is 5.11 Å². The van der Waals surface area contributed by atoms with Crippen LogP contribution in [0.3, 0.4) is 0 Å². The summed E-state index contributed by atoms with van der Waals surface area (Å²) >= 11 is 3.53. The number of aromatic nitrogens is 1. The average Bonchev–Trinajstić information content (AvgIpc) is 2.47. The van der Waals surface area contributed by atoms with Crippen molar-refractivity contribution >= 4 is 15.9 Å².